The van der Waals surface area contributed by atoms with E-state index in [9.17, 15) is 32.3 Å². The summed E-state index contributed by atoms with van der Waals surface area (Å²) < 4.78 is 52.9. The summed E-state index contributed by atoms with van der Waals surface area (Å²) in [4.78, 5) is 26.4. The molecule has 2 N–H and O–H groups in total. The van der Waals surface area contributed by atoms with Gasteiger partial charge in [0.2, 0.25) is 11.8 Å². The van der Waals surface area contributed by atoms with E-state index in [1.807, 2.05) is 0 Å². The number of halogens is 4. The van der Waals surface area contributed by atoms with E-state index < -0.39 is 41.2 Å². The van der Waals surface area contributed by atoms with Gasteiger partial charge in [-0.2, -0.15) is 13.2 Å². The van der Waals surface area contributed by atoms with Gasteiger partial charge in [-0.3, -0.25) is 9.59 Å². The van der Waals surface area contributed by atoms with Crippen molar-refractivity contribution in [1.29, 1.82) is 0 Å². The number of benzene rings is 2. The highest BCUT2D eigenvalue weighted by atomic mass is 19.4. The molecule has 0 saturated carbocycles. The minimum absolute atomic E-state index is 0.0519. The lowest BCUT2D eigenvalue weighted by Crippen LogP contribution is -2.33. The smallest absolute Gasteiger partial charge is 0.416 e. The van der Waals surface area contributed by atoms with Crippen molar-refractivity contribution >= 4 is 17.5 Å². The molecule has 0 spiro atoms. The molecule has 2 aromatic rings. The fraction of sp³-hybridized carbons (Fsp3) is 0.263. The predicted molar refractivity (Wildman–Crippen MR) is 92.0 cm³/mol. The van der Waals surface area contributed by atoms with Gasteiger partial charge in [-0.1, -0.05) is 18.2 Å². The highest BCUT2D eigenvalue weighted by molar-refractivity contribution is 6.08. The standard InChI is InChI=1S/C19H16F4N2O3/c1-25-9-13(10-3-2-4-11(7-10)19(21,22)23)16(18(25)28)17(27)24-15-6-5-12(26)8-14(15)20/h2-8,13,16,26H,9H2,1H3,(H,24,27)/t13-,16+/m1/s1. The number of aromatic hydroxyl groups is 1. The molecule has 2 aromatic carbocycles. The van der Waals surface area contributed by atoms with Crippen molar-refractivity contribution in [2.75, 3.05) is 18.9 Å². The molecule has 1 fully saturated rings. The van der Waals surface area contributed by atoms with Crippen LogP contribution in [0.4, 0.5) is 23.2 Å². The van der Waals surface area contributed by atoms with Crippen LogP contribution in [0.15, 0.2) is 42.5 Å². The number of alkyl halides is 3. The summed E-state index contributed by atoms with van der Waals surface area (Å²) in [6, 6.07) is 7.55. The van der Waals surface area contributed by atoms with Gasteiger partial charge in [-0.25, -0.2) is 4.39 Å². The molecule has 1 aliphatic rings. The number of nitrogens with zero attached hydrogens (tertiary/aromatic N) is 1. The largest absolute Gasteiger partial charge is 0.508 e. The topological polar surface area (TPSA) is 69.6 Å². The average Bonchev–Trinajstić information content (AvgIpc) is 2.92. The molecule has 0 aromatic heterocycles. The van der Waals surface area contributed by atoms with E-state index in [1.54, 1.807) is 0 Å². The number of rotatable bonds is 3. The van der Waals surface area contributed by atoms with Gasteiger partial charge >= 0.3 is 6.18 Å². The first-order valence-corrected chi connectivity index (χ1v) is 8.29. The fourth-order valence-electron chi connectivity index (χ4n) is 3.25. The van der Waals surface area contributed by atoms with Crippen LogP contribution in [0.3, 0.4) is 0 Å². The summed E-state index contributed by atoms with van der Waals surface area (Å²) in [5, 5.41) is 11.5. The molecular formula is C19H16F4N2O3. The number of hydrogen-bond acceptors (Lipinski definition) is 3. The number of likely N-dealkylation sites (N-methyl/N-ethyl adjacent to an activating group) is 1. The third-order valence-corrected chi connectivity index (χ3v) is 4.65. The number of phenols is 1. The molecular weight excluding hydrogens is 380 g/mol. The van der Waals surface area contributed by atoms with Crippen molar-refractivity contribution in [2.24, 2.45) is 5.92 Å². The van der Waals surface area contributed by atoms with Crippen LogP contribution < -0.4 is 5.32 Å². The molecule has 0 aliphatic carbocycles. The molecule has 0 unspecified atom stereocenters. The van der Waals surface area contributed by atoms with Gasteiger partial charge in [-0.05, 0) is 23.8 Å². The van der Waals surface area contributed by atoms with Gasteiger partial charge in [-0.15, -0.1) is 0 Å². The summed E-state index contributed by atoms with van der Waals surface area (Å²) in [5.41, 5.74) is -0.928. The van der Waals surface area contributed by atoms with Crippen LogP contribution in [-0.4, -0.2) is 35.4 Å². The Morgan fingerprint density at radius 2 is 1.93 bits per heavy atom. The lowest BCUT2D eigenvalue weighted by Gasteiger charge is -2.18. The van der Waals surface area contributed by atoms with Gasteiger partial charge in [0.1, 0.15) is 17.5 Å². The molecule has 0 bridgehead atoms. The normalized spacial score (nSPS) is 19.8. The Morgan fingerprint density at radius 3 is 2.57 bits per heavy atom. The molecule has 1 heterocycles. The molecule has 28 heavy (non-hydrogen) atoms. The second kappa shape index (κ2) is 7.14. The van der Waals surface area contributed by atoms with Crippen LogP contribution in [0.25, 0.3) is 0 Å². The molecule has 3 rings (SSSR count). The number of hydrogen-bond donors (Lipinski definition) is 2. The quantitative estimate of drug-likeness (QED) is 0.475. The molecule has 148 valence electrons. The second-order valence-electron chi connectivity index (χ2n) is 6.58. The number of carbonyl (C=O) groups is 2. The van der Waals surface area contributed by atoms with Crippen LogP contribution in [0.5, 0.6) is 5.75 Å². The maximum atomic E-state index is 13.9. The lowest BCUT2D eigenvalue weighted by atomic mass is 9.87. The molecule has 5 nitrogen and oxygen atoms in total. The molecule has 1 saturated heterocycles. The Kier molecular flexibility index (Phi) is 5.01. The monoisotopic (exact) mass is 396 g/mol. The Balaban J connectivity index is 1.91. The van der Waals surface area contributed by atoms with E-state index in [-0.39, 0.29) is 23.5 Å². The van der Waals surface area contributed by atoms with Crippen LogP contribution in [0.2, 0.25) is 0 Å². The third-order valence-electron chi connectivity index (χ3n) is 4.65. The van der Waals surface area contributed by atoms with Gasteiger partial charge in [0.25, 0.3) is 0 Å². The van der Waals surface area contributed by atoms with Crippen LogP contribution >= 0.6 is 0 Å². The van der Waals surface area contributed by atoms with E-state index in [1.165, 1.54) is 24.1 Å². The van der Waals surface area contributed by atoms with Gasteiger partial charge in [0, 0.05) is 25.6 Å². The zero-order chi connectivity index (χ0) is 20.6. The zero-order valence-electron chi connectivity index (χ0n) is 14.6. The number of carbonyl (C=O) groups excluding carboxylic acids is 2. The highest BCUT2D eigenvalue weighted by Gasteiger charge is 2.45. The van der Waals surface area contributed by atoms with Crippen LogP contribution in [0.1, 0.15) is 17.0 Å². The Labute approximate surface area is 157 Å². The van der Waals surface area contributed by atoms with Crippen molar-refractivity contribution in [2.45, 2.75) is 12.1 Å². The van der Waals surface area contributed by atoms with Gasteiger partial charge < -0.3 is 15.3 Å². The summed E-state index contributed by atoms with van der Waals surface area (Å²) in [6.45, 7) is 0.0519. The maximum Gasteiger partial charge on any atom is 0.416 e. The number of likely N-dealkylation sites (tertiary alicyclic amines) is 1. The van der Waals surface area contributed by atoms with Crippen molar-refractivity contribution in [3.8, 4) is 5.75 Å². The lowest BCUT2D eigenvalue weighted by molar-refractivity contribution is -0.137. The minimum Gasteiger partial charge on any atom is -0.508 e. The fourth-order valence-corrected chi connectivity index (χ4v) is 3.25. The summed E-state index contributed by atoms with van der Waals surface area (Å²) in [5.74, 6) is -4.76. The van der Waals surface area contributed by atoms with Crippen molar-refractivity contribution in [3.05, 3.63) is 59.4 Å². The highest BCUT2D eigenvalue weighted by Crippen LogP contribution is 2.37. The Hall–Kier alpha value is -3.10. The molecule has 0 radical (unpaired) electrons. The van der Waals surface area contributed by atoms with E-state index in [2.05, 4.69) is 5.32 Å². The van der Waals surface area contributed by atoms with Crippen molar-refractivity contribution < 1.29 is 32.3 Å². The molecule has 2 amide bonds. The predicted octanol–water partition coefficient (Wildman–Crippen LogP) is 3.36. The maximum absolute atomic E-state index is 13.9. The summed E-state index contributed by atoms with van der Waals surface area (Å²) in [7, 11) is 1.44. The second-order valence-corrected chi connectivity index (χ2v) is 6.58. The summed E-state index contributed by atoms with van der Waals surface area (Å²) >= 11 is 0. The Bertz CT molecular complexity index is 930. The first kappa shape index (κ1) is 19.7. The first-order valence-electron chi connectivity index (χ1n) is 8.29. The SMILES string of the molecule is CN1C[C@H](c2cccc(C(F)(F)F)c2)[C@@H](C(=O)Nc2ccc(O)cc2F)C1=O. The van der Waals surface area contributed by atoms with Crippen molar-refractivity contribution in [3.63, 3.8) is 0 Å². The molecule has 2 atom stereocenters. The van der Waals surface area contributed by atoms with Crippen molar-refractivity contribution in [1.82, 2.24) is 4.90 Å². The van der Waals surface area contributed by atoms with Gasteiger partial charge in [0.15, 0.2) is 0 Å². The number of anilines is 1. The van der Waals surface area contributed by atoms with Crippen LogP contribution in [-0.2, 0) is 15.8 Å². The first-order chi connectivity index (χ1) is 13.1. The van der Waals surface area contributed by atoms with E-state index in [4.69, 9.17) is 0 Å². The molecule has 1 aliphatic heterocycles. The van der Waals surface area contributed by atoms with Crippen LogP contribution in [0, 0.1) is 11.7 Å². The Morgan fingerprint density at radius 1 is 1.21 bits per heavy atom. The van der Waals surface area contributed by atoms with Gasteiger partial charge in [0.05, 0.1) is 11.3 Å². The minimum atomic E-state index is -4.56. The molecule has 9 heteroatoms. The summed E-state index contributed by atoms with van der Waals surface area (Å²) in [6.07, 6.45) is -4.56. The number of phenolic OH excluding ortho intramolecular Hbond substituents is 1. The van der Waals surface area contributed by atoms with E-state index >= 15 is 0 Å². The third kappa shape index (κ3) is 3.78. The number of amides is 2. The average molecular weight is 396 g/mol. The van der Waals surface area contributed by atoms with E-state index in [0.29, 0.717) is 0 Å². The number of nitrogens with one attached hydrogen (secondary N) is 1. The van der Waals surface area contributed by atoms with E-state index in [0.717, 1.165) is 30.3 Å². The zero-order valence-corrected chi connectivity index (χ0v) is 14.6.